The Balaban J connectivity index is 0.988. The number of thioether (sulfide) groups is 1. The summed E-state index contributed by atoms with van der Waals surface area (Å²) in [5.74, 6) is -0.726. The molecule has 0 spiro atoms. The molecule has 5 N–H and O–H groups in total. The highest BCUT2D eigenvalue weighted by molar-refractivity contribution is 7.99. The molecule has 2 atom stereocenters. The number of halogens is 4. The lowest BCUT2D eigenvalue weighted by molar-refractivity contribution is -0.0435. The number of piperazine rings is 1. The minimum Gasteiger partial charge on any atom is -0.478 e. The Labute approximate surface area is 480 Å². The summed E-state index contributed by atoms with van der Waals surface area (Å²) in [5, 5.41) is 24.0. The molecule has 3 heterocycles. The van der Waals surface area contributed by atoms with Gasteiger partial charge in [-0.2, -0.15) is 17.8 Å². The van der Waals surface area contributed by atoms with Gasteiger partial charge in [-0.3, -0.25) is 4.52 Å². The van der Waals surface area contributed by atoms with Crippen molar-refractivity contribution < 1.29 is 60.0 Å². The van der Waals surface area contributed by atoms with Crippen LogP contribution in [0.5, 0.6) is 0 Å². The van der Waals surface area contributed by atoms with Crippen LogP contribution in [0, 0.1) is 12.8 Å². The number of rotatable bonds is 24. The van der Waals surface area contributed by atoms with Gasteiger partial charge < -0.3 is 44.6 Å². The van der Waals surface area contributed by atoms with E-state index in [0.717, 1.165) is 39.2 Å². The van der Waals surface area contributed by atoms with E-state index >= 15 is 0 Å². The number of alkyl halides is 3. The number of benzene rings is 5. The van der Waals surface area contributed by atoms with Gasteiger partial charge in [-0.25, -0.2) is 17.8 Å². The zero-order chi connectivity index (χ0) is 58.2. The summed E-state index contributed by atoms with van der Waals surface area (Å²) in [6.45, 7) is 9.73. The van der Waals surface area contributed by atoms with Gasteiger partial charge in [0.2, 0.25) is 5.30 Å². The van der Waals surface area contributed by atoms with Crippen LogP contribution in [-0.4, -0.2) is 127 Å². The van der Waals surface area contributed by atoms with Crippen molar-refractivity contribution in [2.45, 2.75) is 73.8 Å². The van der Waals surface area contributed by atoms with E-state index in [1.807, 2.05) is 99.6 Å². The highest BCUT2D eigenvalue weighted by atomic mass is 35.5. The van der Waals surface area contributed by atoms with Crippen LogP contribution in [0.2, 0.25) is 5.02 Å². The van der Waals surface area contributed by atoms with Gasteiger partial charge in [-0.1, -0.05) is 54.1 Å². The zero-order valence-corrected chi connectivity index (χ0v) is 49.3. The van der Waals surface area contributed by atoms with Crippen LogP contribution in [0.3, 0.4) is 0 Å². The molecule has 0 aliphatic carbocycles. The molecule has 0 radical (unpaired) electrons. The van der Waals surface area contributed by atoms with Crippen LogP contribution in [0.25, 0.3) is 22.4 Å². The smallest absolute Gasteiger partial charge is 0.478 e. The van der Waals surface area contributed by atoms with Crippen molar-refractivity contribution in [2.75, 3.05) is 91.1 Å². The average Bonchev–Trinajstić information content (AvgIpc) is 3.31. The van der Waals surface area contributed by atoms with Gasteiger partial charge in [0.15, 0.2) is 0 Å². The van der Waals surface area contributed by atoms with Crippen LogP contribution in [0.1, 0.15) is 61.6 Å². The number of phosphoric acid groups is 1. The Bertz CT molecular complexity index is 3300. The zero-order valence-electron chi connectivity index (χ0n) is 45.1. The van der Waals surface area contributed by atoms with Crippen molar-refractivity contribution in [3.8, 4) is 22.4 Å². The van der Waals surface area contributed by atoms with E-state index in [2.05, 4.69) is 24.6 Å². The van der Waals surface area contributed by atoms with Gasteiger partial charge in [0.1, 0.15) is 4.90 Å². The number of anilines is 4. The molecule has 0 amide bonds. The fourth-order valence-corrected chi connectivity index (χ4v) is 14.5. The van der Waals surface area contributed by atoms with Crippen LogP contribution in [0.4, 0.5) is 35.9 Å². The average molecular weight is 1210 g/mol. The monoisotopic (exact) mass is 1210 g/mol. The number of aliphatic hydroxyl groups is 1. The van der Waals surface area contributed by atoms with Crippen LogP contribution >= 0.6 is 39.1 Å². The van der Waals surface area contributed by atoms with E-state index < -0.39 is 48.0 Å². The van der Waals surface area contributed by atoms with E-state index in [9.17, 15) is 45.7 Å². The van der Waals surface area contributed by atoms with Gasteiger partial charge >= 0.3 is 27.3 Å². The SMILES string of the molecule is Cc1c(C(=O)O)c(-c2cccc(N3CCN(c4ccc(N(CCCO)[P+](=O)c5ccc(N[C@H](CCN6CCC(COP(=O)(O)O)CC6)CSc6ccccc6)c(S(=O)(=O)C(F)(F)F)c5)cc4)CC3)c2)c(-c2ccc(Cl)cc2)n1C(C)C. The second kappa shape index (κ2) is 26.9. The van der Waals surface area contributed by atoms with Crippen LogP contribution < -0.4 is 25.1 Å². The highest BCUT2D eigenvalue weighted by Gasteiger charge is 2.49. The molecule has 1 unspecified atom stereocenters. The summed E-state index contributed by atoms with van der Waals surface area (Å²) >= 11 is 7.73. The molecule has 1 aromatic heterocycles. The number of carboxylic acids is 1. The molecule has 2 saturated heterocycles. The van der Waals surface area contributed by atoms with Crippen molar-refractivity contribution in [2.24, 2.45) is 5.92 Å². The number of carbonyl (C=O) groups is 1. The number of phosphoric ester groups is 1. The number of nitrogens with zero attached hydrogens (tertiary/aromatic N) is 5. The van der Waals surface area contributed by atoms with Crippen molar-refractivity contribution in [3.63, 3.8) is 0 Å². The first kappa shape index (κ1) is 61.6. The Kier molecular flexibility index (Phi) is 20.4. The van der Waals surface area contributed by atoms with Gasteiger partial charge in [0, 0.05) is 95.8 Å². The summed E-state index contributed by atoms with van der Waals surface area (Å²) in [7, 11) is -13.3. The maximum Gasteiger partial charge on any atom is 0.502 e. The van der Waals surface area contributed by atoms with Crippen molar-refractivity contribution in [3.05, 3.63) is 138 Å². The van der Waals surface area contributed by atoms with E-state index in [1.54, 1.807) is 24.3 Å². The van der Waals surface area contributed by atoms with E-state index in [0.29, 0.717) is 92.8 Å². The third kappa shape index (κ3) is 15.2. The normalized spacial score (nSPS) is 15.5. The lowest BCUT2D eigenvalue weighted by Gasteiger charge is -2.37. The maximum atomic E-state index is 14.6. The van der Waals surface area contributed by atoms with Gasteiger partial charge in [0.05, 0.1) is 35.8 Å². The predicted octanol–water partition coefficient (Wildman–Crippen LogP) is 11.7. The number of aromatic nitrogens is 1. The molecule has 2 aliphatic heterocycles. The van der Waals surface area contributed by atoms with Crippen molar-refractivity contribution >= 4 is 83.0 Å². The Morgan fingerprint density at radius 2 is 1.53 bits per heavy atom. The fourth-order valence-electron chi connectivity index (χ4n) is 10.5. The lowest BCUT2D eigenvalue weighted by Crippen LogP contribution is -2.46. The number of carboxylic acid groups (broad SMARTS) is 1. The molecule has 434 valence electrons. The number of aromatic carboxylic acids is 1. The van der Waals surface area contributed by atoms with E-state index in [-0.39, 0.29) is 54.7 Å². The Morgan fingerprint density at radius 1 is 0.877 bits per heavy atom. The van der Waals surface area contributed by atoms with Gasteiger partial charge in [-0.15, -0.1) is 11.8 Å². The molecule has 5 aromatic carbocycles. The molecule has 0 bridgehead atoms. The first-order valence-corrected chi connectivity index (χ1v) is 32.2. The number of sulfone groups is 1. The molecule has 24 heteroatoms. The summed E-state index contributed by atoms with van der Waals surface area (Å²) in [6.07, 6.45) is 1.78. The molecular formula is C57H67ClF3N6O10P2S2+. The second-order valence-corrected chi connectivity index (χ2v) is 26.7. The number of piperidine rings is 1. The largest absolute Gasteiger partial charge is 0.502 e. The number of nitrogens with one attached hydrogen (secondary N) is 1. The number of hydrogen-bond donors (Lipinski definition) is 5. The Hall–Kier alpha value is -5.44. The number of hydrogen-bond acceptors (Lipinski definition) is 12. The summed E-state index contributed by atoms with van der Waals surface area (Å²) in [4.78, 5) is 37.6. The van der Waals surface area contributed by atoms with E-state index in [1.165, 1.54) is 28.6 Å². The first-order valence-electron chi connectivity index (χ1n) is 26.6. The molecular weight excluding hydrogens is 1150 g/mol. The van der Waals surface area contributed by atoms with Crippen molar-refractivity contribution in [1.82, 2.24) is 9.47 Å². The van der Waals surface area contributed by atoms with Gasteiger partial charge in [0.25, 0.3) is 9.84 Å². The quantitative estimate of drug-likeness (QED) is 0.0282. The third-order valence-electron chi connectivity index (χ3n) is 14.7. The summed E-state index contributed by atoms with van der Waals surface area (Å²) in [6, 6.07) is 34.7. The molecule has 81 heavy (non-hydrogen) atoms. The summed E-state index contributed by atoms with van der Waals surface area (Å²) < 4.78 is 105. The maximum absolute atomic E-state index is 14.6. The highest BCUT2D eigenvalue weighted by Crippen LogP contribution is 2.44. The first-order chi connectivity index (χ1) is 38.5. The molecule has 6 aromatic rings. The van der Waals surface area contributed by atoms with Crippen molar-refractivity contribution in [1.29, 1.82) is 0 Å². The standard InChI is InChI=1S/C57H66ClF3N6O10P2S2/c1-39(2)67-40(3)53(56(69)70)54(55(67)42-13-15-44(58)16-14-42)43-9-7-10-48(35-43)65-32-30-64(31-33-65)46-17-19-47(20-18-46)66(26-8-34-68)78(71)49-21-22-51(52(36-49)81(75,76)57(59,60)61)62-45(38-80-50-11-5-4-6-12-50)25-29-63-27-23-41(24-28-63)37-77-79(72,73)74/h4-7,9-22,35-36,39,41,45,68H,8,23-34,37-38H2,1-3H3,(H3-,62,69,70,71,72,73,74)/p+1/t45-/m1/s1. The van der Waals surface area contributed by atoms with Crippen LogP contribution in [-0.2, 0) is 23.5 Å². The predicted molar refractivity (Wildman–Crippen MR) is 316 cm³/mol. The number of aliphatic hydroxyl groups excluding tert-OH is 1. The number of likely N-dealkylation sites (tertiary alicyclic amines) is 1. The van der Waals surface area contributed by atoms with Gasteiger partial charge in [-0.05, 0) is 154 Å². The fraction of sp³-hybridized carbons (Fsp3) is 0.386. The lowest BCUT2D eigenvalue weighted by atomic mass is 9.96. The molecule has 16 nitrogen and oxygen atoms in total. The molecule has 8 rings (SSSR count). The summed E-state index contributed by atoms with van der Waals surface area (Å²) in [5.41, 5.74) is 0.163. The Morgan fingerprint density at radius 3 is 2.14 bits per heavy atom. The molecule has 0 saturated carbocycles. The van der Waals surface area contributed by atoms with Crippen LogP contribution in [0.15, 0.2) is 131 Å². The van der Waals surface area contributed by atoms with E-state index in [4.69, 9.17) is 25.9 Å². The molecule has 2 fully saturated rings. The third-order valence-corrected chi connectivity index (χ3v) is 19.7. The second-order valence-electron chi connectivity index (χ2n) is 20.4. The minimum atomic E-state index is -5.99. The minimum absolute atomic E-state index is 0.0355. The molecule has 2 aliphatic rings. The topological polar surface area (TPSA) is 205 Å².